The van der Waals surface area contributed by atoms with E-state index in [4.69, 9.17) is 13.2 Å². The van der Waals surface area contributed by atoms with E-state index in [1.165, 1.54) is 0 Å². The van der Waals surface area contributed by atoms with E-state index >= 15 is 0 Å². The van der Waals surface area contributed by atoms with Gasteiger partial charge in [0.25, 0.3) is 0 Å². The van der Waals surface area contributed by atoms with E-state index in [1.54, 1.807) is 0 Å². The first-order valence-corrected chi connectivity index (χ1v) is 4.52. The largest absolute Gasteiger partial charge is 0.373 e. The summed E-state index contributed by atoms with van der Waals surface area (Å²) in [6, 6.07) is 0. The average molecular weight is 193 g/mol. The predicted octanol–water partition coefficient (Wildman–Crippen LogP) is 0.0552. The van der Waals surface area contributed by atoms with Gasteiger partial charge in [-0.25, -0.2) is 0 Å². The first-order valence-electron chi connectivity index (χ1n) is 3.86. The molecule has 0 saturated carbocycles. The van der Waals surface area contributed by atoms with Gasteiger partial charge in [-0.1, -0.05) is 0 Å². The average Bonchev–Trinajstić information content (AvgIpc) is 1.85. The second-order valence-corrected chi connectivity index (χ2v) is 3.23. The predicted molar refractivity (Wildman–Crippen MR) is 46.4 cm³/mol. The Balaban J connectivity index is 0.000000354. The van der Waals surface area contributed by atoms with Crippen molar-refractivity contribution in [3.63, 3.8) is 0 Å². The molecule has 5 heteroatoms. The van der Waals surface area contributed by atoms with Gasteiger partial charge in [-0.2, -0.15) is 8.42 Å². The molecule has 0 aliphatic carbocycles. The minimum Gasteiger partial charge on any atom is -0.373 e. The van der Waals surface area contributed by atoms with Crippen molar-refractivity contribution in [2.75, 3.05) is 20.1 Å². The maximum Gasteiger partial charge on any atom is 0.335 e. The summed E-state index contributed by atoms with van der Waals surface area (Å²) in [5.74, 6) is 0. The summed E-state index contributed by atoms with van der Waals surface area (Å²) in [5.41, 5.74) is 0. The Morgan fingerprint density at radius 2 is 1.83 bits per heavy atom. The summed E-state index contributed by atoms with van der Waals surface area (Å²) < 4.78 is 22.1. The number of ether oxygens (including phenoxy) is 1. The molecule has 4 nitrogen and oxygen atoms in total. The summed E-state index contributed by atoms with van der Waals surface area (Å²) in [5, 5.41) is 0. The van der Waals surface area contributed by atoms with Crippen LogP contribution in [0.5, 0.6) is 0 Å². The van der Waals surface area contributed by atoms with Crippen LogP contribution in [0.2, 0.25) is 0 Å². The third-order valence-electron chi connectivity index (χ3n) is 1.50. The molecular weight excluding hydrogens is 178 g/mol. The summed E-state index contributed by atoms with van der Waals surface area (Å²) in [6.45, 7) is 6.38. The molecule has 0 N–H and O–H groups in total. The molecule has 0 unspecified atom stereocenters. The molecule has 0 atom stereocenters. The fraction of sp³-hybridized carbons (Fsp3) is 1.00. The molecule has 1 aliphatic heterocycles. The lowest BCUT2D eigenvalue weighted by Crippen LogP contribution is -2.50. The molecule has 0 aromatic heterocycles. The Bertz CT molecular complexity index is 151. The Morgan fingerprint density at radius 3 is 2.08 bits per heavy atom. The fourth-order valence-corrected chi connectivity index (χ4v) is 1.11. The Labute approximate surface area is 76.5 Å². The van der Waals surface area contributed by atoms with Crippen LogP contribution < -0.4 is 0 Å². The van der Waals surface area contributed by atoms with E-state index in [9.17, 15) is 0 Å². The standard InChI is InChI=1S/C7H15NO.O2S/c1-6(2)9-7-4-8(3)5-7;1-3-2/h6-7H,4-5H2,1-3H3;. The summed E-state index contributed by atoms with van der Waals surface area (Å²) in [4.78, 5) is 2.26. The molecular formula is C7H15NO3S. The first kappa shape index (κ1) is 11.7. The normalized spacial score (nSPS) is 18.0. The highest BCUT2D eigenvalue weighted by Gasteiger charge is 2.24. The highest BCUT2D eigenvalue weighted by Crippen LogP contribution is 2.09. The number of hydrogen-bond donors (Lipinski definition) is 0. The molecule has 1 rings (SSSR count). The molecule has 1 saturated heterocycles. The van der Waals surface area contributed by atoms with Crippen LogP contribution >= 0.6 is 0 Å². The van der Waals surface area contributed by atoms with Crippen LogP contribution in [-0.4, -0.2) is 45.7 Å². The first-order chi connectivity index (χ1) is 5.60. The zero-order chi connectivity index (χ0) is 9.56. The SMILES string of the molecule is CC(C)OC1CN(C)C1.O=S=O. The van der Waals surface area contributed by atoms with Crippen molar-refractivity contribution >= 4 is 11.6 Å². The topological polar surface area (TPSA) is 46.6 Å². The molecule has 0 spiro atoms. The van der Waals surface area contributed by atoms with Crippen molar-refractivity contribution in [1.82, 2.24) is 4.90 Å². The molecule has 1 aliphatic rings. The molecule has 1 fully saturated rings. The van der Waals surface area contributed by atoms with Crippen molar-refractivity contribution in [2.24, 2.45) is 0 Å². The van der Waals surface area contributed by atoms with Gasteiger partial charge in [0.1, 0.15) is 0 Å². The maximum atomic E-state index is 8.29. The van der Waals surface area contributed by atoms with E-state index < -0.39 is 11.6 Å². The Morgan fingerprint density at radius 1 is 1.42 bits per heavy atom. The van der Waals surface area contributed by atoms with Gasteiger partial charge in [0.05, 0.1) is 12.2 Å². The van der Waals surface area contributed by atoms with Gasteiger partial charge in [0.2, 0.25) is 0 Å². The zero-order valence-electron chi connectivity index (χ0n) is 7.65. The van der Waals surface area contributed by atoms with Crippen molar-refractivity contribution in [1.29, 1.82) is 0 Å². The van der Waals surface area contributed by atoms with E-state index in [0.717, 1.165) is 13.1 Å². The van der Waals surface area contributed by atoms with Gasteiger partial charge in [-0.05, 0) is 20.9 Å². The van der Waals surface area contributed by atoms with Crippen LogP contribution in [0.1, 0.15) is 13.8 Å². The number of likely N-dealkylation sites (N-methyl/N-ethyl adjacent to an activating group) is 1. The maximum absolute atomic E-state index is 8.29. The van der Waals surface area contributed by atoms with Crippen LogP contribution in [-0.2, 0) is 16.3 Å². The molecule has 12 heavy (non-hydrogen) atoms. The zero-order valence-corrected chi connectivity index (χ0v) is 8.47. The number of rotatable bonds is 2. The van der Waals surface area contributed by atoms with E-state index in [0.29, 0.717) is 12.2 Å². The lowest BCUT2D eigenvalue weighted by molar-refractivity contribution is -0.0712. The van der Waals surface area contributed by atoms with Gasteiger partial charge < -0.3 is 9.64 Å². The second-order valence-electron chi connectivity index (χ2n) is 3.10. The van der Waals surface area contributed by atoms with Crippen molar-refractivity contribution < 1.29 is 13.2 Å². The highest BCUT2D eigenvalue weighted by molar-refractivity contribution is 7.51. The number of likely N-dealkylation sites (tertiary alicyclic amines) is 1. The summed E-state index contributed by atoms with van der Waals surface area (Å²) >= 11 is -0.750. The highest BCUT2D eigenvalue weighted by atomic mass is 32.1. The van der Waals surface area contributed by atoms with E-state index in [1.807, 2.05) is 0 Å². The summed E-state index contributed by atoms with van der Waals surface area (Å²) in [7, 11) is 2.11. The summed E-state index contributed by atoms with van der Waals surface area (Å²) in [6.07, 6.45) is 0.902. The van der Waals surface area contributed by atoms with Crippen LogP contribution in [0, 0.1) is 0 Å². The lowest BCUT2D eigenvalue weighted by Gasteiger charge is -2.36. The smallest absolute Gasteiger partial charge is 0.335 e. The van der Waals surface area contributed by atoms with Crippen LogP contribution in [0.4, 0.5) is 0 Å². The van der Waals surface area contributed by atoms with Crippen molar-refractivity contribution in [3.8, 4) is 0 Å². The van der Waals surface area contributed by atoms with Crippen molar-refractivity contribution in [2.45, 2.75) is 26.1 Å². The fourth-order valence-electron chi connectivity index (χ4n) is 1.11. The second kappa shape index (κ2) is 6.28. The van der Waals surface area contributed by atoms with E-state index in [2.05, 4.69) is 25.8 Å². The quantitative estimate of drug-likeness (QED) is 0.622. The Hall–Kier alpha value is -0.260. The third-order valence-corrected chi connectivity index (χ3v) is 1.50. The molecule has 0 aromatic rings. The minimum atomic E-state index is -0.750. The van der Waals surface area contributed by atoms with Crippen LogP contribution in [0.3, 0.4) is 0 Å². The van der Waals surface area contributed by atoms with Gasteiger partial charge in [0.15, 0.2) is 0 Å². The molecule has 0 radical (unpaired) electrons. The Kier molecular flexibility index (Phi) is 6.14. The molecule has 0 aromatic carbocycles. The molecule has 1 heterocycles. The number of nitrogens with zero attached hydrogens (tertiary/aromatic N) is 1. The minimum absolute atomic E-state index is 0.392. The van der Waals surface area contributed by atoms with Gasteiger partial charge >= 0.3 is 11.6 Å². The third kappa shape index (κ3) is 5.40. The molecule has 0 bridgehead atoms. The van der Waals surface area contributed by atoms with Gasteiger partial charge in [-0.3, -0.25) is 0 Å². The molecule has 72 valence electrons. The van der Waals surface area contributed by atoms with Crippen LogP contribution in [0.15, 0.2) is 0 Å². The molecule has 0 amide bonds. The lowest BCUT2D eigenvalue weighted by atomic mass is 10.2. The van der Waals surface area contributed by atoms with E-state index in [-0.39, 0.29) is 0 Å². The van der Waals surface area contributed by atoms with Gasteiger partial charge in [-0.15, -0.1) is 0 Å². The van der Waals surface area contributed by atoms with Crippen LogP contribution in [0.25, 0.3) is 0 Å². The number of hydrogen-bond acceptors (Lipinski definition) is 4. The monoisotopic (exact) mass is 193 g/mol. The van der Waals surface area contributed by atoms with Crippen molar-refractivity contribution in [3.05, 3.63) is 0 Å². The van der Waals surface area contributed by atoms with Gasteiger partial charge in [0, 0.05) is 13.1 Å².